The highest BCUT2D eigenvalue weighted by atomic mass is 16.2. The Kier molecular flexibility index (Phi) is 4.80. The molecule has 1 aromatic rings. The molecule has 2 nitrogen and oxygen atoms in total. The first-order valence-corrected chi connectivity index (χ1v) is 7.07. The van der Waals surface area contributed by atoms with Crippen molar-refractivity contribution in [2.75, 3.05) is 7.05 Å². The molecule has 0 unspecified atom stereocenters. The standard InChI is InChI=1S/C16H23NO/c1-17(15-10-6-3-7-11-15)16(18)13-12-14-8-4-2-5-9-14/h2,4-5,8-9,15H,3,6-7,10-13H2,1H3. The molecule has 0 heterocycles. The molecule has 1 aliphatic rings. The molecule has 0 bridgehead atoms. The third-order valence-corrected chi connectivity index (χ3v) is 3.99. The van der Waals surface area contributed by atoms with Gasteiger partial charge in [0.25, 0.3) is 0 Å². The van der Waals surface area contributed by atoms with Crippen LogP contribution >= 0.6 is 0 Å². The van der Waals surface area contributed by atoms with Crippen molar-refractivity contribution in [1.29, 1.82) is 0 Å². The van der Waals surface area contributed by atoms with E-state index >= 15 is 0 Å². The van der Waals surface area contributed by atoms with Gasteiger partial charge in [0.15, 0.2) is 0 Å². The molecule has 0 atom stereocenters. The molecular weight excluding hydrogens is 222 g/mol. The largest absolute Gasteiger partial charge is 0.343 e. The second-order valence-corrected chi connectivity index (χ2v) is 5.28. The van der Waals surface area contributed by atoms with Crippen LogP contribution in [0.1, 0.15) is 44.1 Å². The molecule has 98 valence electrons. The number of benzene rings is 1. The molecule has 0 spiro atoms. The summed E-state index contributed by atoms with van der Waals surface area (Å²) in [5.74, 6) is 0.297. The summed E-state index contributed by atoms with van der Waals surface area (Å²) in [6.07, 6.45) is 7.76. The molecular formula is C16H23NO. The third kappa shape index (κ3) is 3.59. The lowest BCUT2D eigenvalue weighted by Crippen LogP contribution is -2.38. The van der Waals surface area contributed by atoms with Crippen molar-refractivity contribution in [3.63, 3.8) is 0 Å². The Hall–Kier alpha value is -1.31. The zero-order valence-electron chi connectivity index (χ0n) is 11.3. The molecule has 0 N–H and O–H groups in total. The first-order valence-electron chi connectivity index (χ1n) is 7.07. The van der Waals surface area contributed by atoms with Gasteiger partial charge in [0.2, 0.25) is 5.91 Å². The Morgan fingerprint density at radius 2 is 1.83 bits per heavy atom. The first-order chi connectivity index (χ1) is 8.77. The van der Waals surface area contributed by atoms with Gasteiger partial charge in [-0.05, 0) is 24.8 Å². The molecule has 2 rings (SSSR count). The van der Waals surface area contributed by atoms with Crippen molar-refractivity contribution in [1.82, 2.24) is 4.90 Å². The number of carbonyl (C=O) groups excluding carboxylic acids is 1. The number of rotatable bonds is 4. The monoisotopic (exact) mass is 245 g/mol. The van der Waals surface area contributed by atoms with E-state index in [1.54, 1.807) is 0 Å². The fourth-order valence-electron chi connectivity index (χ4n) is 2.74. The number of carbonyl (C=O) groups is 1. The maximum atomic E-state index is 12.1. The molecule has 1 aliphatic carbocycles. The van der Waals surface area contributed by atoms with E-state index in [-0.39, 0.29) is 0 Å². The number of nitrogens with zero attached hydrogens (tertiary/aromatic N) is 1. The van der Waals surface area contributed by atoms with E-state index in [1.165, 1.54) is 37.7 Å². The highest BCUT2D eigenvalue weighted by molar-refractivity contribution is 5.76. The van der Waals surface area contributed by atoms with Gasteiger partial charge < -0.3 is 4.90 Å². The summed E-state index contributed by atoms with van der Waals surface area (Å²) in [6.45, 7) is 0. The zero-order valence-corrected chi connectivity index (χ0v) is 11.3. The minimum atomic E-state index is 0.297. The molecule has 1 aromatic carbocycles. The maximum Gasteiger partial charge on any atom is 0.222 e. The van der Waals surface area contributed by atoms with Gasteiger partial charge in [-0.15, -0.1) is 0 Å². The van der Waals surface area contributed by atoms with Gasteiger partial charge in [-0.1, -0.05) is 49.6 Å². The van der Waals surface area contributed by atoms with E-state index in [0.29, 0.717) is 18.4 Å². The van der Waals surface area contributed by atoms with Gasteiger partial charge in [0, 0.05) is 19.5 Å². The Labute approximate surface area is 110 Å². The predicted molar refractivity (Wildman–Crippen MR) is 74.4 cm³/mol. The maximum absolute atomic E-state index is 12.1. The van der Waals surface area contributed by atoms with Crippen LogP contribution < -0.4 is 0 Å². The minimum absolute atomic E-state index is 0.297. The van der Waals surface area contributed by atoms with E-state index in [1.807, 2.05) is 30.1 Å². The van der Waals surface area contributed by atoms with E-state index < -0.39 is 0 Å². The lowest BCUT2D eigenvalue weighted by atomic mass is 9.94. The van der Waals surface area contributed by atoms with E-state index in [2.05, 4.69) is 12.1 Å². The molecule has 1 saturated carbocycles. The lowest BCUT2D eigenvalue weighted by molar-refractivity contribution is -0.132. The van der Waals surface area contributed by atoms with Gasteiger partial charge in [-0.25, -0.2) is 0 Å². The molecule has 1 amide bonds. The van der Waals surface area contributed by atoms with E-state index in [0.717, 1.165) is 6.42 Å². The molecule has 0 saturated heterocycles. The van der Waals surface area contributed by atoms with Crippen LogP contribution in [0.5, 0.6) is 0 Å². The predicted octanol–water partition coefficient (Wildman–Crippen LogP) is 3.41. The van der Waals surface area contributed by atoms with Gasteiger partial charge in [0.1, 0.15) is 0 Å². The zero-order chi connectivity index (χ0) is 12.8. The second-order valence-electron chi connectivity index (χ2n) is 5.28. The molecule has 0 aromatic heterocycles. The van der Waals surface area contributed by atoms with Crippen molar-refractivity contribution in [2.45, 2.75) is 51.0 Å². The average Bonchev–Trinajstić information content (AvgIpc) is 2.46. The Morgan fingerprint density at radius 3 is 2.50 bits per heavy atom. The minimum Gasteiger partial charge on any atom is -0.343 e. The topological polar surface area (TPSA) is 20.3 Å². The van der Waals surface area contributed by atoms with Gasteiger partial charge in [-0.2, -0.15) is 0 Å². The van der Waals surface area contributed by atoms with Crippen molar-refractivity contribution in [3.8, 4) is 0 Å². The van der Waals surface area contributed by atoms with E-state index in [9.17, 15) is 4.79 Å². The Morgan fingerprint density at radius 1 is 1.17 bits per heavy atom. The third-order valence-electron chi connectivity index (χ3n) is 3.99. The SMILES string of the molecule is CN(C(=O)CCc1ccccc1)C1CCCCC1. The number of hydrogen-bond donors (Lipinski definition) is 0. The van der Waals surface area contributed by atoms with E-state index in [4.69, 9.17) is 0 Å². The molecule has 1 fully saturated rings. The van der Waals surface area contributed by atoms with Crippen molar-refractivity contribution < 1.29 is 4.79 Å². The molecule has 2 heteroatoms. The van der Waals surface area contributed by atoms with Crippen LogP contribution in [0.25, 0.3) is 0 Å². The first kappa shape index (κ1) is 13.1. The van der Waals surface area contributed by atoms with Gasteiger partial charge in [0.05, 0.1) is 0 Å². The molecule has 18 heavy (non-hydrogen) atoms. The summed E-state index contributed by atoms with van der Waals surface area (Å²) in [6, 6.07) is 10.7. The summed E-state index contributed by atoms with van der Waals surface area (Å²) in [5.41, 5.74) is 1.25. The highest BCUT2D eigenvalue weighted by Crippen LogP contribution is 2.22. The van der Waals surface area contributed by atoms with Crippen LogP contribution in [-0.2, 0) is 11.2 Å². The van der Waals surface area contributed by atoms with Gasteiger partial charge >= 0.3 is 0 Å². The number of hydrogen-bond acceptors (Lipinski definition) is 1. The van der Waals surface area contributed by atoms with Crippen LogP contribution in [0, 0.1) is 0 Å². The fourth-order valence-corrected chi connectivity index (χ4v) is 2.74. The lowest BCUT2D eigenvalue weighted by Gasteiger charge is -2.31. The number of amides is 1. The summed E-state index contributed by atoms with van der Waals surface area (Å²) in [4.78, 5) is 14.1. The summed E-state index contributed by atoms with van der Waals surface area (Å²) in [5, 5.41) is 0. The average molecular weight is 245 g/mol. The summed E-state index contributed by atoms with van der Waals surface area (Å²) < 4.78 is 0. The highest BCUT2D eigenvalue weighted by Gasteiger charge is 2.21. The molecule has 0 radical (unpaired) electrons. The van der Waals surface area contributed by atoms with Crippen molar-refractivity contribution in [2.24, 2.45) is 0 Å². The van der Waals surface area contributed by atoms with Crippen LogP contribution in [0.2, 0.25) is 0 Å². The summed E-state index contributed by atoms with van der Waals surface area (Å²) >= 11 is 0. The van der Waals surface area contributed by atoms with Gasteiger partial charge in [-0.3, -0.25) is 4.79 Å². The van der Waals surface area contributed by atoms with Crippen LogP contribution in [0.15, 0.2) is 30.3 Å². The van der Waals surface area contributed by atoms with Crippen LogP contribution in [0.4, 0.5) is 0 Å². The van der Waals surface area contributed by atoms with Crippen LogP contribution in [-0.4, -0.2) is 23.9 Å². The van der Waals surface area contributed by atoms with Crippen molar-refractivity contribution in [3.05, 3.63) is 35.9 Å². The Bertz CT molecular complexity index is 368. The number of aryl methyl sites for hydroxylation is 1. The second kappa shape index (κ2) is 6.58. The Balaban J connectivity index is 1.80. The summed E-state index contributed by atoms with van der Waals surface area (Å²) in [7, 11) is 1.98. The van der Waals surface area contributed by atoms with Crippen LogP contribution in [0.3, 0.4) is 0 Å². The molecule has 0 aliphatic heterocycles. The van der Waals surface area contributed by atoms with Crippen molar-refractivity contribution >= 4 is 5.91 Å². The normalized spacial score (nSPS) is 16.5. The quantitative estimate of drug-likeness (QED) is 0.796. The smallest absolute Gasteiger partial charge is 0.222 e. The fraction of sp³-hybridized carbons (Fsp3) is 0.562.